The molecule has 1 aliphatic heterocycles. The summed E-state index contributed by atoms with van der Waals surface area (Å²) < 4.78 is 0. The lowest BCUT2D eigenvalue weighted by Crippen LogP contribution is -2.17. The van der Waals surface area contributed by atoms with Crippen LogP contribution in [0.25, 0.3) is 0 Å². The van der Waals surface area contributed by atoms with Crippen molar-refractivity contribution in [1.82, 2.24) is 9.97 Å². The molecule has 1 aliphatic rings. The Morgan fingerprint density at radius 2 is 1.64 bits per heavy atom. The van der Waals surface area contributed by atoms with E-state index in [-0.39, 0.29) is 0 Å². The summed E-state index contributed by atoms with van der Waals surface area (Å²) in [5.41, 5.74) is 2.55. The van der Waals surface area contributed by atoms with E-state index >= 15 is 0 Å². The van der Waals surface area contributed by atoms with Gasteiger partial charge in [-0.2, -0.15) is 0 Å². The van der Waals surface area contributed by atoms with Gasteiger partial charge in [0.2, 0.25) is 0 Å². The van der Waals surface area contributed by atoms with Gasteiger partial charge in [-0.25, -0.2) is 0 Å². The highest BCUT2D eigenvalue weighted by atomic mass is 15.1. The zero-order chi connectivity index (χ0) is 15.6. The third-order valence-corrected chi connectivity index (χ3v) is 4.23. The first-order valence-electron chi connectivity index (χ1n) is 8.41. The lowest BCUT2D eigenvalue weighted by Gasteiger charge is -2.16. The summed E-state index contributed by atoms with van der Waals surface area (Å²) in [6.07, 6.45) is 10.6. The van der Waals surface area contributed by atoms with Crippen molar-refractivity contribution < 1.29 is 0 Å². The van der Waals surface area contributed by atoms with Crippen molar-refractivity contribution in [3.63, 3.8) is 0 Å². The van der Waals surface area contributed by atoms with Crippen LogP contribution in [0.3, 0.4) is 0 Å². The Kier molecular flexibility index (Phi) is 6.88. The van der Waals surface area contributed by atoms with Crippen LogP contribution in [0, 0.1) is 0 Å². The van der Waals surface area contributed by atoms with Gasteiger partial charge in [0.25, 0.3) is 0 Å². The van der Waals surface area contributed by atoms with Gasteiger partial charge in [0.15, 0.2) is 0 Å². The predicted octanol–water partition coefficient (Wildman–Crippen LogP) is 4.67. The molecule has 3 heterocycles. The number of rotatable bonds is 4. The highest BCUT2D eigenvalue weighted by molar-refractivity contribution is 5.45. The van der Waals surface area contributed by atoms with Crippen LogP contribution in [0.4, 0.5) is 5.69 Å². The average Bonchev–Trinajstić information content (AvgIpc) is 3.13. The summed E-state index contributed by atoms with van der Waals surface area (Å²) >= 11 is 0. The standard InChI is InChI=1S/C10H15N.C9H12N2/c1-3-9(4-2)10-7-5-6-8-11-10;1-2-8-11(7-1)9-3-5-10-6-4-9/h5-9H,3-4H2,1-2H3;3-6H,1-2,7-8H2. The molecule has 3 nitrogen and oxygen atoms in total. The lowest BCUT2D eigenvalue weighted by molar-refractivity contribution is 0.623. The van der Waals surface area contributed by atoms with Gasteiger partial charge < -0.3 is 4.90 Å². The molecule has 0 aromatic carbocycles. The van der Waals surface area contributed by atoms with Gasteiger partial charge >= 0.3 is 0 Å². The van der Waals surface area contributed by atoms with E-state index in [2.05, 4.69) is 53.0 Å². The molecule has 0 bridgehead atoms. The largest absolute Gasteiger partial charge is 0.371 e. The van der Waals surface area contributed by atoms with Gasteiger partial charge in [-0.05, 0) is 49.9 Å². The van der Waals surface area contributed by atoms with E-state index in [1.54, 1.807) is 0 Å². The van der Waals surface area contributed by atoms with Gasteiger partial charge in [-0.15, -0.1) is 0 Å². The first-order valence-corrected chi connectivity index (χ1v) is 8.41. The van der Waals surface area contributed by atoms with Crippen molar-refractivity contribution in [1.29, 1.82) is 0 Å². The fourth-order valence-electron chi connectivity index (χ4n) is 2.85. The van der Waals surface area contributed by atoms with Gasteiger partial charge in [0.1, 0.15) is 0 Å². The Balaban J connectivity index is 0.000000160. The number of aromatic nitrogens is 2. The smallest absolute Gasteiger partial charge is 0.0434 e. The molecular weight excluding hydrogens is 270 g/mol. The van der Waals surface area contributed by atoms with Crippen molar-refractivity contribution in [2.24, 2.45) is 0 Å². The van der Waals surface area contributed by atoms with Crippen LogP contribution >= 0.6 is 0 Å². The van der Waals surface area contributed by atoms with Crippen molar-refractivity contribution >= 4 is 5.69 Å². The van der Waals surface area contributed by atoms with E-state index in [1.807, 2.05) is 24.7 Å². The van der Waals surface area contributed by atoms with E-state index in [1.165, 1.54) is 50.2 Å². The van der Waals surface area contributed by atoms with Crippen molar-refractivity contribution in [2.45, 2.75) is 45.4 Å². The molecule has 0 spiro atoms. The van der Waals surface area contributed by atoms with E-state index in [9.17, 15) is 0 Å². The van der Waals surface area contributed by atoms with Crippen LogP contribution in [-0.2, 0) is 0 Å². The van der Waals surface area contributed by atoms with Crippen molar-refractivity contribution in [2.75, 3.05) is 18.0 Å². The topological polar surface area (TPSA) is 29.0 Å². The van der Waals surface area contributed by atoms with Crippen molar-refractivity contribution in [3.05, 3.63) is 54.6 Å². The lowest BCUT2D eigenvalue weighted by atomic mass is 9.99. The Morgan fingerprint density at radius 3 is 2.18 bits per heavy atom. The Morgan fingerprint density at radius 1 is 0.955 bits per heavy atom. The Bertz CT molecular complexity index is 465. The molecule has 0 N–H and O–H groups in total. The van der Waals surface area contributed by atoms with Crippen LogP contribution in [-0.4, -0.2) is 23.1 Å². The van der Waals surface area contributed by atoms with Crippen LogP contribution in [0.5, 0.6) is 0 Å². The third kappa shape index (κ3) is 4.83. The molecule has 1 fully saturated rings. The summed E-state index contributed by atoms with van der Waals surface area (Å²) in [5.74, 6) is 0.649. The molecule has 0 radical (unpaired) electrons. The number of pyridine rings is 2. The Labute approximate surface area is 134 Å². The minimum absolute atomic E-state index is 0.649. The summed E-state index contributed by atoms with van der Waals surface area (Å²) in [4.78, 5) is 10.7. The number of hydrogen-bond donors (Lipinski definition) is 0. The Hall–Kier alpha value is -1.90. The fourth-order valence-corrected chi connectivity index (χ4v) is 2.85. The van der Waals surface area contributed by atoms with Crippen molar-refractivity contribution in [3.8, 4) is 0 Å². The second-order valence-corrected chi connectivity index (χ2v) is 5.67. The summed E-state index contributed by atoms with van der Waals surface area (Å²) in [5, 5.41) is 0. The molecule has 0 aliphatic carbocycles. The second kappa shape index (κ2) is 9.19. The van der Waals surface area contributed by atoms with Gasteiger partial charge in [0, 0.05) is 49.0 Å². The number of nitrogens with zero attached hydrogens (tertiary/aromatic N) is 3. The van der Waals surface area contributed by atoms with Crippen LogP contribution in [0.1, 0.15) is 51.1 Å². The van der Waals surface area contributed by atoms with E-state index in [0.717, 1.165) is 0 Å². The van der Waals surface area contributed by atoms with Crippen LogP contribution in [0.2, 0.25) is 0 Å². The van der Waals surface area contributed by atoms with Gasteiger partial charge in [-0.1, -0.05) is 19.9 Å². The quantitative estimate of drug-likeness (QED) is 0.821. The summed E-state index contributed by atoms with van der Waals surface area (Å²) in [6, 6.07) is 10.3. The van der Waals surface area contributed by atoms with E-state index < -0.39 is 0 Å². The first kappa shape index (κ1) is 16.5. The monoisotopic (exact) mass is 297 g/mol. The fraction of sp³-hybridized carbons (Fsp3) is 0.474. The molecule has 0 amide bonds. The number of anilines is 1. The maximum absolute atomic E-state index is 4.32. The molecular formula is C19H27N3. The molecule has 0 atom stereocenters. The van der Waals surface area contributed by atoms with E-state index in [4.69, 9.17) is 0 Å². The molecule has 118 valence electrons. The maximum atomic E-state index is 4.32. The molecule has 2 aromatic rings. The normalized spacial score (nSPS) is 13.9. The SMILES string of the molecule is CCC(CC)c1ccccn1.c1cc(N2CCCC2)ccn1. The first-order chi connectivity index (χ1) is 10.8. The summed E-state index contributed by atoms with van der Waals surface area (Å²) in [6.45, 7) is 6.85. The number of hydrogen-bond acceptors (Lipinski definition) is 3. The van der Waals surface area contributed by atoms with Gasteiger partial charge in [0.05, 0.1) is 0 Å². The van der Waals surface area contributed by atoms with E-state index in [0.29, 0.717) is 5.92 Å². The average molecular weight is 297 g/mol. The maximum Gasteiger partial charge on any atom is 0.0434 e. The molecule has 3 heteroatoms. The molecule has 0 saturated carbocycles. The molecule has 0 unspecified atom stereocenters. The predicted molar refractivity (Wildman–Crippen MR) is 93.2 cm³/mol. The highest BCUT2D eigenvalue weighted by Gasteiger charge is 2.10. The molecule has 1 saturated heterocycles. The molecule has 22 heavy (non-hydrogen) atoms. The second-order valence-electron chi connectivity index (χ2n) is 5.67. The highest BCUT2D eigenvalue weighted by Crippen LogP contribution is 2.19. The van der Waals surface area contributed by atoms with Crippen LogP contribution in [0.15, 0.2) is 48.9 Å². The minimum Gasteiger partial charge on any atom is -0.371 e. The molecule has 3 rings (SSSR count). The van der Waals surface area contributed by atoms with Crippen LogP contribution < -0.4 is 4.90 Å². The van der Waals surface area contributed by atoms with Gasteiger partial charge in [-0.3, -0.25) is 9.97 Å². The summed E-state index contributed by atoms with van der Waals surface area (Å²) in [7, 11) is 0. The minimum atomic E-state index is 0.649. The zero-order valence-electron chi connectivity index (χ0n) is 13.8. The molecule has 2 aromatic heterocycles. The third-order valence-electron chi connectivity index (χ3n) is 4.23. The zero-order valence-corrected chi connectivity index (χ0v) is 13.8.